The highest BCUT2D eigenvalue weighted by Crippen LogP contribution is 2.27. The summed E-state index contributed by atoms with van der Waals surface area (Å²) in [7, 11) is 0. The molecule has 1 saturated carbocycles. The topological polar surface area (TPSA) is 58.6 Å². The average Bonchev–Trinajstić information content (AvgIpc) is 2.50. The van der Waals surface area contributed by atoms with Crippen LogP contribution in [0.5, 0.6) is 0 Å². The smallest absolute Gasteiger partial charge is 0.0435 e. The Morgan fingerprint density at radius 3 is 2.20 bits per heavy atom. The number of rotatable bonds is 11. The van der Waals surface area contributed by atoms with Gasteiger partial charge in [0.05, 0.1) is 0 Å². The first-order valence-corrected chi connectivity index (χ1v) is 8.76. The van der Waals surface area contributed by atoms with E-state index in [1.165, 1.54) is 77.0 Å². The Morgan fingerprint density at radius 2 is 1.55 bits per heavy atom. The number of unbranched alkanes of at least 4 members (excludes halogenated alkanes) is 7. The van der Waals surface area contributed by atoms with E-state index in [0.717, 1.165) is 18.8 Å². The van der Waals surface area contributed by atoms with E-state index in [4.69, 9.17) is 10.9 Å². The van der Waals surface area contributed by atoms with Crippen molar-refractivity contribution in [1.82, 2.24) is 0 Å². The molecule has 0 amide bonds. The fourth-order valence-electron chi connectivity index (χ4n) is 3.36. The molecular weight excluding hydrogens is 248 g/mol. The molecule has 1 aliphatic rings. The molecule has 1 rings (SSSR count). The van der Waals surface area contributed by atoms with Crippen LogP contribution in [0.4, 0.5) is 0 Å². The van der Waals surface area contributed by atoms with E-state index in [1.54, 1.807) is 6.21 Å². The zero-order valence-corrected chi connectivity index (χ0v) is 13.1. The summed E-state index contributed by atoms with van der Waals surface area (Å²) in [6.07, 6.45) is 19.8. The molecule has 3 heteroatoms. The van der Waals surface area contributed by atoms with Crippen LogP contribution < -0.4 is 5.73 Å². The van der Waals surface area contributed by atoms with E-state index >= 15 is 0 Å². The molecule has 1 unspecified atom stereocenters. The monoisotopic (exact) mass is 282 g/mol. The third kappa shape index (κ3) is 8.57. The molecule has 0 saturated heterocycles. The van der Waals surface area contributed by atoms with E-state index in [0.29, 0.717) is 6.04 Å². The summed E-state index contributed by atoms with van der Waals surface area (Å²) in [6.45, 7) is 0. The third-order valence-electron chi connectivity index (χ3n) is 4.71. The van der Waals surface area contributed by atoms with Gasteiger partial charge in [-0.15, -0.1) is 5.16 Å². The highest BCUT2D eigenvalue weighted by Gasteiger charge is 2.19. The van der Waals surface area contributed by atoms with Gasteiger partial charge in [-0.3, -0.25) is 0 Å². The molecule has 0 aromatic carbocycles. The van der Waals surface area contributed by atoms with Gasteiger partial charge in [-0.05, 0) is 38.0 Å². The van der Waals surface area contributed by atoms with Gasteiger partial charge >= 0.3 is 0 Å². The molecule has 0 aromatic rings. The molecule has 0 bridgehead atoms. The Balaban J connectivity index is 1.84. The highest BCUT2D eigenvalue weighted by atomic mass is 16.4. The van der Waals surface area contributed by atoms with Crippen molar-refractivity contribution in [2.45, 2.75) is 95.9 Å². The van der Waals surface area contributed by atoms with E-state index < -0.39 is 0 Å². The molecule has 0 aromatic heterocycles. The lowest BCUT2D eigenvalue weighted by molar-refractivity contribution is 0.290. The van der Waals surface area contributed by atoms with Gasteiger partial charge in [0.25, 0.3) is 0 Å². The van der Waals surface area contributed by atoms with Crippen molar-refractivity contribution in [2.24, 2.45) is 16.8 Å². The van der Waals surface area contributed by atoms with Gasteiger partial charge < -0.3 is 10.9 Å². The maximum absolute atomic E-state index is 8.26. The van der Waals surface area contributed by atoms with Crippen molar-refractivity contribution in [3.63, 3.8) is 0 Å². The van der Waals surface area contributed by atoms with Gasteiger partial charge in [-0.2, -0.15) is 0 Å². The second kappa shape index (κ2) is 12.2. The molecule has 1 fully saturated rings. The van der Waals surface area contributed by atoms with Crippen molar-refractivity contribution in [1.29, 1.82) is 0 Å². The predicted octanol–water partition coefficient (Wildman–Crippen LogP) is 4.86. The molecule has 0 heterocycles. The lowest BCUT2D eigenvalue weighted by Crippen LogP contribution is -2.31. The SMILES string of the molecule is NC(CCCCCCCCC/C=N/O)C1CCCCC1. The Bertz CT molecular complexity index is 237. The summed E-state index contributed by atoms with van der Waals surface area (Å²) >= 11 is 0. The standard InChI is InChI=1S/C17H34N2O/c18-17(16-12-8-7-9-13-16)14-10-5-3-1-2-4-6-11-15-19-20/h15-17,20H,1-14,18H2/b19-15+. The van der Waals surface area contributed by atoms with Gasteiger partial charge in [-0.25, -0.2) is 0 Å². The van der Waals surface area contributed by atoms with Crippen molar-refractivity contribution in [3.8, 4) is 0 Å². The lowest BCUT2D eigenvalue weighted by atomic mass is 9.82. The minimum absolute atomic E-state index is 0.466. The van der Waals surface area contributed by atoms with E-state index in [2.05, 4.69) is 5.16 Å². The lowest BCUT2D eigenvalue weighted by Gasteiger charge is -2.27. The molecule has 0 spiro atoms. The maximum Gasteiger partial charge on any atom is 0.0435 e. The molecule has 0 radical (unpaired) electrons. The molecule has 0 aliphatic heterocycles. The van der Waals surface area contributed by atoms with Crippen LogP contribution in [0, 0.1) is 5.92 Å². The Labute approximate surface area is 125 Å². The highest BCUT2D eigenvalue weighted by molar-refractivity contribution is 5.55. The molecule has 3 N–H and O–H groups in total. The zero-order chi connectivity index (χ0) is 14.5. The second-order valence-corrected chi connectivity index (χ2v) is 6.41. The van der Waals surface area contributed by atoms with E-state index in [-0.39, 0.29) is 0 Å². The number of oxime groups is 1. The molecule has 20 heavy (non-hydrogen) atoms. The van der Waals surface area contributed by atoms with Crippen molar-refractivity contribution >= 4 is 6.21 Å². The van der Waals surface area contributed by atoms with Crippen molar-refractivity contribution in [2.75, 3.05) is 0 Å². The summed E-state index contributed by atoms with van der Waals surface area (Å²) < 4.78 is 0. The third-order valence-corrected chi connectivity index (χ3v) is 4.71. The molecular formula is C17H34N2O. The quantitative estimate of drug-likeness (QED) is 0.246. The van der Waals surface area contributed by atoms with Crippen molar-refractivity contribution in [3.05, 3.63) is 0 Å². The predicted molar refractivity (Wildman–Crippen MR) is 86.4 cm³/mol. The first kappa shape index (κ1) is 17.5. The number of nitrogens with two attached hydrogens (primary N) is 1. The first-order valence-electron chi connectivity index (χ1n) is 8.76. The second-order valence-electron chi connectivity index (χ2n) is 6.41. The summed E-state index contributed by atoms with van der Waals surface area (Å²) in [6, 6.07) is 0.466. The number of hydrogen-bond acceptors (Lipinski definition) is 3. The van der Waals surface area contributed by atoms with Crippen LogP contribution in [0.2, 0.25) is 0 Å². The van der Waals surface area contributed by atoms with Crippen LogP contribution in [-0.4, -0.2) is 17.5 Å². The Morgan fingerprint density at radius 1 is 0.950 bits per heavy atom. The van der Waals surface area contributed by atoms with Gasteiger partial charge in [-0.1, -0.05) is 57.8 Å². The van der Waals surface area contributed by atoms with Crippen LogP contribution in [0.1, 0.15) is 89.9 Å². The molecule has 118 valence electrons. The largest absolute Gasteiger partial charge is 0.411 e. The van der Waals surface area contributed by atoms with E-state index in [9.17, 15) is 0 Å². The van der Waals surface area contributed by atoms with Gasteiger partial charge in [0.15, 0.2) is 0 Å². The maximum atomic E-state index is 8.26. The summed E-state index contributed by atoms with van der Waals surface area (Å²) in [5.74, 6) is 0.817. The zero-order valence-electron chi connectivity index (χ0n) is 13.1. The van der Waals surface area contributed by atoms with Crippen LogP contribution in [0.3, 0.4) is 0 Å². The Hall–Kier alpha value is -0.570. The van der Waals surface area contributed by atoms with Crippen LogP contribution in [-0.2, 0) is 0 Å². The summed E-state index contributed by atoms with van der Waals surface area (Å²) in [5.41, 5.74) is 6.32. The fourth-order valence-corrected chi connectivity index (χ4v) is 3.36. The van der Waals surface area contributed by atoms with Gasteiger partial charge in [0.2, 0.25) is 0 Å². The van der Waals surface area contributed by atoms with Gasteiger partial charge in [0, 0.05) is 12.3 Å². The first-order chi connectivity index (χ1) is 9.84. The number of nitrogens with zero attached hydrogens (tertiary/aromatic N) is 1. The van der Waals surface area contributed by atoms with Crippen LogP contribution >= 0.6 is 0 Å². The van der Waals surface area contributed by atoms with Gasteiger partial charge in [0.1, 0.15) is 0 Å². The Kier molecular flexibility index (Phi) is 10.7. The minimum atomic E-state index is 0.466. The molecule has 3 nitrogen and oxygen atoms in total. The van der Waals surface area contributed by atoms with Crippen LogP contribution in [0.15, 0.2) is 5.16 Å². The van der Waals surface area contributed by atoms with Crippen molar-refractivity contribution < 1.29 is 5.21 Å². The molecule has 1 aliphatic carbocycles. The fraction of sp³-hybridized carbons (Fsp3) is 0.941. The summed E-state index contributed by atoms with van der Waals surface area (Å²) in [5, 5.41) is 11.3. The molecule has 1 atom stereocenters. The minimum Gasteiger partial charge on any atom is -0.411 e. The number of hydrogen-bond donors (Lipinski definition) is 2. The van der Waals surface area contributed by atoms with E-state index in [1.807, 2.05) is 0 Å². The normalized spacial score (nSPS) is 18.6. The average molecular weight is 282 g/mol. The summed E-state index contributed by atoms with van der Waals surface area (Å²) in [4.78, 5) is 0. The van der Waals surface area contributed by atoms with Crippen LogP contribution in [0.25, 0.3) is 0 Å².